The van der Waals surface area contributed by atoms with Crippen molar-refractivity contribution in [2.75, 3.05) is 0 Å². The Morgan fingerprint density at radius 3 is 0.957 bits per heavy atom. The molecular weight excluding hydrogens is 278 g/mol. The molecule has 0 fully saturated rings. The van der Waals surface area contributed by atoms with Crippen LogP contribution in [0.25, 0.3) is 0 Å². The van der Waals surface area contributed by atoms with Gasteiger partial charge in [-0.05, 0) is 6.42 Å². The largest absolute Gasteiger partial charge is 0.198 e. The quantitative estimate of drug-likeness (QED) is 0.220. The Kier molecular flexibility index (Phi) is 21.0. The molecule has 23 heavy (non-hydrogen) atoms. The van der Waals surface area contributed by atoms with Gasteiger partial charge in [0.05, 0.1) is 6.07 Å². The van der Waals surface area contributed by atoms with Gasteiger partial charge in [-0.2, -0.15) is 5.26 Å². The summed E-state index contributed by atoms with van der Waals surface area (Å²) in [5.41, 5.74) is 0. The molecule has 0 rings (SSSR count). The monoisotopic (exact) mass is 320 g/mol. The van der Waals surface area contributed by atoms with Crippen molar-refractivity contribution < 1.29 is 0 Å². The zero-order valence-corrected chi connectivity index (χ0v) is 15.8. The molecule has 0 saturated carbocycles. The van der Waals surface area contributed by atoms with E-state index in [0.717, 1.165) is 19.3 Å². The molecule has 0 atom stereocenters. The highest BCUT2D eigenvalue weighted by Crippen LogP contribution is 2.14. The molecule has 0 aromatic heterocycles. The molecule has 0 aliphatic heterocycles. The minimum absolute atomic E-state index is 0.747. The second-order valence-corrected chi connectivity index (χ2v) is 7.13. The molecule has 1 nitrogen and oxygen atoms in total. The van der Waals surface area contributed by atoms with Gasteiger partial charge in [0.15, 0.2) is 0 Å². The van der Waals surface area contributed by atoms with Crippen LogP contribution in [-0.4, -0.2) is 0 Å². The van der Waals surface area contributed by atoms with E-state index >= 15 is 0 Å². The molecule has 0 saturated heterocycles. The third kappa shape index (κ3) is 21.5. The summed E-state index contributed by atoms with van der Waals surface area (Å²) in [5, 5.41) is 8.46. The third-order valence-corrected chi connectivity index (χ3v) is 4.79. The molecule has 0 aliphatic rings. The third-order valence-electron chi connectivity index (χ3n) is 4.79. The molecule has 1 heteroatoms. The van der Waals surface area contributed by atoms with Gasteiger partial charge in [0.25, 0.3) is 0 Å². The Labute approximate surface area is 147 Å². The number of nitriles is 1. The predicted octanol–water partition coefficient (Wildman–Crippen LogP) is 8.15. The highest BCUT2D eigenvalue weighted by atomic mass is 14.2. The zero-order valence-electron chi connectivity index (χ0n) is 15.8. The minimum Gasteiger partial charge on any atom is -0.198 e. The van der Waals surface area contributed by atoms with E-state index in [1.165, 1.54) is 109 Å². The first-order valence-electron chi connectivity index (χ1n) is 10.6. The molecule has 0 N–H and O–H groups in total. The average molecular weight is 321 g/mol. The van der Waals surface area contributed by atoms with Crippen molar-refractivity contribution in [1.29, 1.82) is 5.26 Å². The first kappa shape index (κ1) is 22.5. The molecule has 0 aromatic rings. The number of nitrogens with zero attached hydrogens (tertiary/aromatic N) is 1. The van der Waals surface area contributed by atoms with Gasteiger partial charge in [-0.3, -0.25) is 0 Å². The van der Waals surface area contributed by atoms with E-state index in [9.17, 15) is 0 Å². The fourth-order valence-corrected chi connectivity index (χ4v) is 3.21. The van der Waals surface area contributed by atoms with Crippen molar-refractivity contribution in [3.63, 3.8) is 0 Å². The summed E-state index contributed by atoms with van der Waals surface area (Å²) in [6, 6.07) is 2.22. The first-order valence-corrected chi connectivity index (χ1v) is 10.6. The van der Waals surface area contributed by atoms with E-state index in [4.69, 9.17) is 5.26 Å². The van der Waals surface area contributed by atoms with Gasteiger partial charge in [0.2, 0.25) is 0 Å². The lowest BCUT2D eigenvalue weighted by atomic mass is 10.0. The highest BCUT2D eigenvalue weighted by Gasteiger charge is 1.95. The van der Waals surface area contributed by atoms with Crippen LogP contribution in [-0.2, 0) is 0 Å². The van der Waals surface area contributed by atoms with Crippen LogP contribution in [0.2, 0.25) is 0 Å². The fourth-order valence-electron chi connectivity index (χ4n) is 3.21. The van der Waals surface area contributed by atoms with Crippen molar-refractivity contribution in [3.8, 4) is 6.07 Å². The number of rotatable bonds is 19. The van der Waals surface area contributed by atoms with Crippen molar-refractivity contribution >= 4 is 0 Å². The van der Waals surface area contributed by atoms with Gasteiger partial charge >= 0.3 is 0 Å². The van der Waals surface area contributed by atoms with Crippen molar-refractivity contribution in [1.82, 2.24) is 0 Å². The standard InChI is InChI=1S/C22H42N/c1-2-3-4-5-6-7-8-9-10-11-12-13-14-15-16-17-18-19-20-21-22-23/h1-21H2. The lowest BCUT2D eigenvalue weighted by molar-refractivity contribution is 0.524. The second kappa shape index (κ2) is 21.5. The first-order chi connectivity index (χ1) is 11.4. The van der Waals surface area contributed by atoms with Crippen LogP contribution >= 0.6 is 0 Å². The predicted molar refractivity (Wildman–Crippen MR) is 103 cm³/mol. The lowest BCUT2D eigenvalue weighted by Crippen LogP contribution is -1.84. The van der Waals surface area contributed by atoms with Crippen LogP contribution in [0.4, 0.5) is 0 Å². The summed E-state index contributed by atoms with van der Waals surface area (Å²) in [7, 11) is 0. The molecule has 0 unspecified atom stereocenters. The maximum Gasteiger partial charge on any atom is 0.0621 e. The number of unbranched alkanes of at least 4 members (excludes halogenated alkanes) is 19. The Hall–Kier alpha value is -0.510. The number of hydrogen-bond acceptors (Lipinski definition) is 1. The van der Waals surface area contributed by atoms with Crippen molar-refractivity contribution in [3.05, 3.63) is 6.92 Å². The Balaban J connectivity index is 2.94. The molecule has 0 aromatic carbocycles. The minimum atomic E-state index is 0.747. The van der Waals surface area contributed by atoms with Gasteiger partial charge in [-0.25, -0.2) is 0 Å². The second-order valence-electron chi connectivity index (χ2n) is 7.13. The average Bonchev–Trinajstić information content (AvgIpc) is 2.57. The summed E-state index contributed by atoms with van der Waals surface area (Å²) >= 11 is 0. The number of hydrogen-bond donors (Lipinski definition) is 0. The topological polar surface area (TPSA) is 23.8 Å². The summed E-state index contributed by atoms with van der Waals surface area (Å²) in [4.78, 5) is 0. The molecule has 0 aliphatic carbocycles. The van der Waals surface area contributed by atoms with Gasteiger partial charge in [0, 0.05) is 6.42 Å². The van der Waals surface area contributed by atoms with Crippen LogP contribution in [0.3, 0.4) is 0 Å². The van der Waals surface area contributed by atoms with E-state index < -0.39 is 0 Å². The van der Waals surface area contributed by atoms with Crippen LogP contribution in [0, 0.1) is 18.3 Å². The van der Waals surface area contributed by atoms with Gasteiger partial charge in [-0.15, -0.1) is 0 Å². The summed E-state index contributed by atoms with van der Waals surface area (Å²) < 4.78 is 0. The molecule has 135 valence electrons. The van der Waals surface area contributed by atoms with Gasteiger partial charge in [0.1, 0.15) is 0 Å². The summed E-state index contributed by atoms with van der Waals surface area (Å²) in [6.07, 6.45) is 26.9. The normalized spacial score (nSPS) is 10.8. The fraction of sp³-hybridized carbons (Fsp3) is 0.909. The zero-order chi connectivity index (χ0) is 16.8. The summed E-state index contributed by atoms with van der Waals surface area (Å²) in [6.45, 7) is 3.89. The Bertz CT molecular complexity index is 241. The molecule has 0 amide bonds. The molecule has 0 spiro atoms. The van der Waals surface area contributed by atoms with E-state index in [2.05, 4.69) is 13.0 Å². The van der Waals surface area contributed by atoms with E-state index in [1.807, 2.05) is 0 Å². The molecular formula is C22H42N. The van der Waals surface area contributed by atoms with E-state index in [0.29, 0.717) is 0 Å². The van der Waals surface area contributed by atoms with Crippen LogP contribution in [0.5, 0.6) is 0 Å². The lowest BCUT2D eigenvalue weighted by Gasteiger charge is -2.03. The van der Waals surface area contributed by atoms with Crippen molar-refractivity contribution in [2.24, 2.45) is 0 Å². The Morgan fingerprint density at radius 2 is 0.696 bits per heavy atom. The van der Waals surface area contributed by atoms with Crippen LogP contribution in [0.1, 0.15) is 128 Å². The maximum atomic E-state index is 8.46. The molecule has 1 radical (unpaired) electrons. The van der Waals surface area contributed by atoms with E-state index in [-0.39, 0.29) is 0 Å². The summed E-state index contributed by atoms with van der Waals surface area (Å²) in [5.74, 6) is 0. The van der Waals surface area contributed by atoms with Crippen LogP contribution in [0.15, 0.2) is 0 Å². The molecule has 0 heterocycles. The van der Waals surface area contributed by atoms with E-state index in [1.54, 1.807) is 0 Å². The van der Waals surface area contributed by atoms with Gasteiger partial charge in [-0.1, -0.05) is 122 Å². The smallest absolute Gasteiger partial charge is 0.0621 e. The van der Waals surface area contributed by atoms with Crippen molar-refractivity contribution in [2.45, 2.75) is 128 Å². The maximum absolute atomic E-state index is 8.46. The van der Waals surface area contributed by atoms with Crippen LogP contribution < -0.4 is 0 Å². The Morgan fingerprint density at radius 1 is 0.435 bits per heavy atom. The molecule has 0 bridgehead atoms. The SMILES string of the molecule is [CH2]CCCCCCCCCCCCCCCCCCCCC#N. The van der Waals surface area contributed by atoms with Gasteiger partial charge < -0.3 is 0 Å². The highest BCUT2D eigenvalue weighted by molar-refractivity contribution is 4.67.